The van der Waals surface area contributed by atoms with Crippen LogP contribution in [0.5, 0.6) is 5.75 Å². The van der Waals surface area contributed by atoms with Gasteiger partial charge in [0.05, 0.1) is 4.90 Å². The van der Waals surface area contributed by atoms with Gasteiger partial charge in [-0.05, 0) is 66.2 Å². The molecule has 8 heteroatoms. The Morgan fingerprint density at radius 2 is 1.73 bits per heavy atom. The summed E-state index contributed by atoms with van der Waals surface area (Å²) in [7, 11) is -3.40. The molecule has 0 aliphatic carbocycles. The number of fused-ring (bicyclic) bond motifs is 1. The first-order valence-corrected chi connectivity index (χ1v) is 15.8. The first-order chi connectivity index (χ1) is 15.3. The van der Waals surface area contributed by atoms with Crippen molar-refractivity contribution < 1.29 is 13.5 Å². The van der Waals surface area contributed by atoms with Crippen LogP contribution in [0.4, 0.5) is 5.69 Å². The standard InChI is InChI=1S/C25H35N3O3SSi/c1-25(2,3)33(5,6)28-16-13-19-17-23(11-12-24(19)28)32(30,31)27-15-14-21(18-27)26(4)20-7-9-22(29)10-8-20/h7-13,16-17,21,29H,14-15,18H2,1-6H3. The van der Waals surface area contributed by atoms with Gasteiger partial charge in [-0.25, -0.2) is 8.42 Å². The van der Waals surface area contributed by atoms with Crippen molar-refractivity contribution in [1.82, 2.24) is 8.54 Å². The largest absolute Gasteiger partial charge is 0.508 e. The van der Waals surface area contributed by atoms with Crippen LogP contribution < -0.4 is 4.90 Å². The fraction of sp³-hybridized carbons (Fsp3) is 0.440. The molecule has 1 atom stereocenters. The minimum Gasteiger partial charge on any atom is -0.508 e. The van der Waals surface area contributed by atoms with Gasteiger partial charge in [-0.3, -0.25) is 0 Å². The molecule has 0 amide bonds. The van der Waals surface area contributed by atoms with Crippen molar-refractivity contribution in [3.05, 3.63) is 54.7 Å². The Kier molecular flexibility index (Phi) is 5.91. The lowest BCUT2D eigenvalue weighted by Crippen LogP contribution is -2.44. The van der Waals surface area contributed by atoms with Gasteiger partial charge in [-0.15, -0.1) is 0 Å². The highest BCUT2D eigenvalue weighted by Crippen LogP contribution is 2.39. The van der Waals surface area contributed by atoms with Gasteiger partial charge >= 0.3 is 0 Å². The van der Waals surface area contributed by atoms with E-state index in [1.165, 1.54) is 0 Å². The maximum absolute atomic E-state index is 13.5. The fourth-order valence-electron chi connectivity index (χ4n) is 4.42. The van der Waals surface area contributed by atoms with Crippen LogP contribution in [-0.4, -0.2) is 56.5 Å². The quantitative estimate of drug-likeness (QED) is 0.511. The Morgan fingerprint density at radius 1 is 1.06 bits per heavy atom. The van der Waals surface area contributed by atoms with Gasteiger partial charge in [0.1, 0.15) is 5.75 Å². The molecular formula is C25H35N3O3SSi. The summed E-state index contributed by atoms with van der Waals surface area (Å²) in [5.74, 6) is 0.223. The molecule has 178 valence electrons. The van der Waals surface area contributed by atoms with Crippen LogP contribution in [0.1, 0.15) is 27.2 Å². The van der Waals surface area contributed by atoms with E-state index in [1.807, 2.05) is 37.4 Å². The summed E-state index contributed by atoms with van der Waals surface area (Å²) in [5, 5.41) is 10.7. The third-order valence-corrected chi connectivity index (χ3v) is 14.8. The summed E-state index contributed by atoms with van der Waals surface area (Å²) < 4.78 is 30.9. The molecule has 33 heavy (non-hydrogen) atoms. The molecule has 3 aromatic rings. The van der Waals surface area contributed by atoms with Crippen LogP contribution in [0.2, 0.25) is 18.1 Å². The molecule has 2 aromatic carbocycles. The molecule has 0 saturated carbocycles. The predicted octanol–water partition coefficient (Wildman–Crippen LogP) is 5.10. The second kappa shape index (κ2) is 8.18. The van der Waals surface area contributed by atoms with E-state index in [9.17, 15) is 13.5 Å². The maximum atomic E-state index is 13.5. The number of anilines is 1. The van der Waals surface area contributed by atoms with Crippen molar-refractivity contribution >= 4 is 34.8 Å². The van der Waals surface area contributed by atoms with E-state index in [4.69, 9.17) is 0 Å². The molecule has 1 saturated heterocycles. The number of sulfonamides is 1. The van der Waals surface area contributed by atoms with E-state index in [0.29, 0.717) is 18.0 Å². The van der Waals surface area contributed by atoms with Crippen molar-refractivity contribution in [3.8, 4) is 5.75 Å². The summed E-state index contributed by atoms with van der Waals surface area (Å²) in [6.07, 6.45) is 2.89. The van der Waals surface area contributed by atoms with E-state index in [-0.39, 0.29) is 16.8 Å². The van der Waals surface area contributed by atoms with Gasteiger partial charge in [0.2, 0.25) is 10.0 Å². The molecule has 6 nitrogen and oxygen atoms in total. The number of rotatable bonds is 5. The topological polar surface area (TPSA) is 65.8 Å². The van der Waals surface area contributed by atoms with E-state index >= 15 is 0 Å². The lowest BCUT2D eigenvalue weighted by atomic mass is 10.2. The van der Waals surface area contributed by atoms with Gasteiger partial charge in [-0.1, -0.05) is 33.9 Å². The van der Waals surface area contributed by atoms with Crippen LogP contribution in [0.15, 0.2) is 59.6 Å². The van der Waals surface area contributed by atoms with E-state index in [2.05, 4.69) is 49.2 Å². The van der Waals surface area contributed by atoms with Crippen molar-refractivity contribution in [2.75, 3.05) is 25.0 Å². The molecule has 1 aliphatic rings. The third kappa shape index (κ3) is 4.20. The van der Waals surface area contributed by atoms with Gasteiger partial charge in [0, 0.05) is 42.8 Å². The lowest BCUT2D eigenvalue weighted by molar-refractivity contribution is 0.470. The molecule has 1 N–H and O–H groups in total. The van der Waals surface area contributed by atoms with Crippen LogP contribution >= 0.6 is 0 Å². The molecule has 1 fully saturated rings. The highest BCUT2D eigenvalue weighted by Gasteiger charge is 2.38. The zero-order chi connectivity index (χ0) is 24.2. The SMILES string of the molecule is CN(c1ccc(O)cc1)C1CCN(S(=O)(=O)c2ccc3c(ccn3[Si](C)(C)C(C)(C)C)c2)C1. The van der Waals surface area contributed by atoms with Crippen molar-refractivity contribution in [3.63, 3.8) is 0 Å². The average Bonchev–Trinajstić information content (AvgIpc) is 3.40. The second-order valence-electron chi connectivity index (χ2n) is 10.6. The molecule has 0 spiro atoms. The number of nitrogens with zero attached hydrogens (tertiary/aromatic N) is 3. The first-order valence-electron chi connectivity index (χ1n) is 11.5. The number of likely N-dealkylation sites (N-methyl/N-ethyl adjacent to an activating group) is 1. The average molecular weight is 486 g/mol. The van der Waals surface area contributed by atoms with Crippen LogP contribution in [0, 0.1) is 0 Å². The zero-order valence-corrected chi connectivity index (χ0v) is 22.2. The second-order valence-corrected chi connectivity index (χ2v) is 17.7. The van der Waals surface area contributed by atoms with Gasteiger partial charge in [0.15, 0.2) is 8.24 Å². The summed E-state index contributed by atoms with van der Waals surface area (Å²) in [5.41, 5.74) is 2.07. The van der Waals surface area contributed by atoms with E-state index < -0.39 is 18.3 Å². The molecule has 2 heterocycles. The Bertz CT molecular complexity index is 1260. The van der Waals surface area contributed by atoms with Crippen LogP contribution in [-0.2, 0) is 10.0 Å². The maximum Gasteiger partial charge on any atom is 0.243 e. The van der Waals surface area contributed by atoms with Crippen LogP contribution in [0.25, 0.3) is 10.9 Å². The van der Waals surface area contributed by atoms with Gasteiger partial charge in [-0.2, -0.15) is 4.31 Å². The minimum atomic E-state index is -3.57. The summed E-state index contributed by atoms with van der Waals surface area (Å²) in [6, 6.07) is 14.7. The summed E-state index contributed by atoms with van der Waals surface area (Å²) in [6.45, 7) is 12.5. The fourth-order valence-corrected chi connectivity index (χ4v) is 7.93. The predicted molar refractivity (Wildman–Crippen MR) is 138 cm³/mol. The molecule has 0 bridgehead atoms. The van der Waals surface area contributed by atoms with Crippen molar-refractivity contribution in [1.29, 1.82) is 0 Å². The lowest BCUT2D eigenvalue weighted by Gasteiger charge is -2.38. The van der Waals surface area contributed by atoms with Gasteiger partial charge in [0.25, 0.3) is 0 Å². The highest BCUT2D eigenvalue weighted by molar-refractivity contribution is 7.89. The molecular weight excluding hydrogens is 450 g/mol. The Morgan fingerprint density at radius 3 is 2.36 bits per heavy atom. The number of hydrogen-bond donors (Lipinski definition) is 1. The third-order valence-electron chi connectivity index (χ3n) is 7.67. The number of hydrogen-bond acceptors (Lipinski definition) is 4. The molecule has 1 unspecified atom stereocenters. The molecule has 1 aromatic heterocycles. The van der Waals surface area contributed by atoms with E-state index in [0.717, 1.165) is 23.0 Å². The highest BCUT2D eigenvalue weighted by atomic mass is 32.2. The van der Waals surface area contributed by atoms with Crippen molar-refractivity contribution in [2.24, 2.45) is 0 Å². The Balaban J connectivity index is 1.57. The Labute approximate surface area is 198 Å². The number of phenolic OH excluding ortho intramolecular Hbond substituents is 1. The minimum absolute atomic E-state index is 0.0905. The number of benzene rings is 2. The number of aromatic hydroxyl groups is 1. The molecule has 0 radical (unpaired) electrons. The van der Waals surface area contributed by atoms with Crippen molar-refractivity contribution in [2.45, 2.75) is 56.3 Å². The van der Waals surface area contributed by atoms with Gasteiger partial charge < -0.3 is 14.2 Å². The molecule has 1 aliphatic heterocycles. The smallest absolute Gasteiger partial charge is 0.243 e. The molecule has 4 rings (SSSR count). The first kappa shape index (κ1) is 23.9. The number of phenols is 1. The Hall–Kier alpha value is -2.29. The number of aromatic nitrogens is 1. The summed E-state index contributed by atoms with van der Waals surface area (Å²) in [4.78, 5) is 2.45. The summed E-state index contributed by atoms with van der Waals surface area (Å²) >= 11 is 0. The van der Waals surface area contributed by atoms with E-state index in [1.54, 1.807) is 22.5 Å². The normalized spacial score (nSPS) is 18.2. The monoisotopic (exact) mass is 485 g/mol. The van der Waals surface area contributed by atoms with Crippen LogP contribution in [0.3, 0.4) is 0 Å². The zero-order valence-electron chi connectivity index (χ0n) is 20.4.